The van der Waals surface area contributed by atoms with Crippen LogP contribution in [0.1, 0.15) is 102 Å². The predicted molar refractivity (Wildman–Crippen MR) is 220 cm³/mol. The monoisotopic (exact) mass is 840 g/mol. The number of hydrogen-bond donors (Lipinski definition) is 0. The topological polar surface area (TPSA) is 0 Å². The maximum Gasteiger partial charge on any atom is 4.00 e. The van der Waals surface area contributed by atoms with Crippen LogP contribution in [0.2, 0.25) is 11.1 Å². The van der Waals surface area contributed by atoms with E-state index < -0.39 is 8.07 Å². The number of rotatable bonds is 8. The molecule has 6 aromatic rings. The Hall–Kier alpha value is -2.81. The van der Waals surface area contributed by atoms with Crippen molar-refractivity contribution < 1.29 is 25.8 Å². The van der Waals surface area contributed by atoms with Crippen molar-refractivity contribution in [3.8, 4) is 22.3 Å². The molecule has 0 radical (unpaired) electrons. The second-order valence-electron chi connectivity index (χ2n) is 15.5. The van der Waals surface area contributed by atoms with Gasteiger partial charge in [0.05, 0.1) is 8.07 Å². The average Bonchev–Trinajstić information content (AvgIpc) is 3.93. The quantitative estimate of drug-likeness (QED) is 0.106. The van der Waals surface area contributed by atoms with E-state index in [2.05, 4.69) is 137 Å². The predicted octanol–water partition coefficient (Wildman–Crippen LogP) is 13.4. The minimum atomic E-state index is -2.14. The molecule has 2 saturated carbocycles. The molecule has 6 aromatic carbocycles. The van der Waals surface area contributed by atoms with Gasteiger partial charge in [-0.3, -0.25) is 0 Å². The zero-order chi connectivity index (χ0) is 32.1. The van der Waals surface area contributed by atoms with Crippen LogP contribution in [0.5, 0.6) is 0 Å². The normalized spacial score (nSPS) is 15.5. The first-order valence-electron chi connectivity index (χ1n) is 18.5. The van der Waals surface area contributed by atoms with Crippen molar-refractivity contribution >= 4 is 40.0 Å². The van der Waals surface area contributed by atoms with E-state index in [1.165, 1.54) is 106 Å². The van der Waals surface area contributed by atoms with Crippen molar-refractivity contribution in [3.05, 3.63) is 135 Å². The molecule has 0 atom stereocenters. The van der Waals surface area contributed by atoms with Crippen LogP contribution in [0.4, 0.5) is 0 Å². The average molecular weight is 840 g/mol. The Bertz CT molecular complexity index is 1840. The smallest absolute Gasteiger partial charge is 0.358 e. The minimum absolute atomic E-state index is 0. The fourth-order valence-corrected chi connectivity index (χ4v) is 16.8. The summed E-state index contributed by atoms with van der Waals surface area (Å²) in [6, 6.07) is 43.6. The Balaban J connectivity index is 0.00000162. The Morgan fingerprint density at radius 3 is 1.22 bits per heavy atom. The van der Waals surface area contributed by atoms with Gasteiger partial charge in [0.2, 0.25) is 0 Å². The van der Waals surface area contributed by atoms with Crippen LogP contribution in [-0.4, -0.2) is 8.07 Å². The Morgan fingerprint density at radius 1 is 0.520 bits per heavy atom. The molecule has 0 aliphatic heterocycles. The largest absolute Gasteiger partial charge is 4.00 e. The summed E-state index contributed by atoms with van der Waals surface area (Å²) in [7, 11) is -2.14. The van der Waals surface area contributed by atoms with E-state index in [-0.39, 0.29) is 40.7 Å². The molecule has 50 heavy (non-hydrogen) atoms. The third kappa shape index (κ3) is 6.65. The zero-order valence-corrected chi connectivity index (χ0v) is 36.0. The van der Waals surface area contributed by atoms with E-state index in [0.29, 0.717) is 11.8 Å². The van der Waals surface area contributed by atoms with Crippen molar-refractivity contribution in [2.75, 3.05) is 0 Å². The molecular formula is C48H56HfSi. The molecule has 2 aliphatic rings. The molecule has 0 spiro atoms. The minimum Gasteiger partial charge on any atom is -0.358 e. The summed E-state index contributed by atoms with van der Waals surface area (Å²) in [6.45, 7) is 9.14. The first-order valence-corrected chi connectivity index (χ1v) is 20.7. The number of benzene rings is 4. The van der Waals surface area contributed by atoms with Crippen molar-refractivity contribution in [1.82, 2.24) is 0 Å². The fourth-order valence-electron chi connectivity index (χ4n) is 9.75. The van der Waals surface area contributed by atoms with Crippen LogP contribution < -0.4 is 10.4 Å². The van der Waals surface area contributed by atoms with Gasteiger partial charge in [-0.2, -0.15) is 12.1 Å². The summed E-state index contributed by atoms with van der Waals surface area (Å²) in [5, 5.41) is 9.21. The van der Waals surface area contributed by atoms with Crippen molar-refractivity contribution in [2.24, 2.45) is 0 Å². The van der Waals surface area contributed by atoms with Crippen LogP contribution in [0, 0.1) is 14.9 Å². The second-order valence-corrected chi connectivity index (χ2v) is 20.0. The van der Waals surface area contributed by atoms with E-state index in [1.807, 2.05) is 0 Å². The third-order valence-electron chi connectivity index (χ3n) is 12.2. The Morgan fingerprint density at radius 2 is 0.880 bits per heavy atom. The standard InChI is InChI=1S/C46H50Si.2CH3.Hf/c1-31(2)33-19-23-35(24-20-33)43-17-9-11-37-27-41(29-45(37)43)47(39-13-5-6-14-39,40-15-7-8-16-40)42-28-38-12-10-18-44(46(38)30-42)36-25-21-34(22-26-36)32(3)4;;;/h9-12,17-32,39-40H,5-8,13-16H2,1-4H3;2*1H3;/q-2;2*-1;+4. The van der Waals surface area contributed by atoms with Gasteiger partial charge in [-0.1, -0.05) is 151 Å². The van der Waals surface area contributed by atoms with E-state index in [4.69, 9.17) is 0 Å². The molecule has 0 nitrogen and oxygen atoms in total. The second kappa shape index (κ2) is 15.8. The van der Waals surface area contributed by atoms with Crippen LogP contribution >= 0.6 is 0 Å². The van der Waals surface area contributed by atoms with E-state index in [0.717, 1.165) is 11.1 Å². The molecule has 0 amide bonds. The van der Waals surface area contributed by atoms with Gasteiger partial charge in [0.1, 0.15) is 0 Å². The summed E-state index contributed by atoms with van der Waals surface area (Å²) in [6.07, 6.45) is 11.2. The summed E-state index contributed by atoms with van der Waals surface area (Å²) in [4.78, 5) is 0. The first-order chi connectivity index (χ1) is 22.9. The van der Waals surface area contributed by atoms with Gasteiger partial charge in [0.25, 0.3) is 0 Å². The molecule has 0 N–H and O–H groups in total. The van der Waals surface area contributed by atoms with Gasteiger partial charge >= 0.3 is 25.8 Å². The molecule has 8 rings (SSSR count). The van der Waals surface area contributed by atoms with Gasteiger partial charge in [0, 0.05) is 0 Å². The van der Waals surface area contributed by atoms with Crippen molar-refractivity contribution in [1.29, 1.82) is 0 Å². The van der Waals surface area contributed by atoms with Crippen LogP contribution in [0.3, 0.4) is 0 Å². The molecule has 0 aromatic heterocycles. The van der Waals surface area contributed by atoms with Gasteiger partial charge in [-0.15, -0.1) is 68.3 Å². The zero-order valence-electron chi connectivity index (χ0n) is 31.4. The van der Waals surface area contributed by atoms with E-state index >= 15 is 0 Å². The molecule has 2 heteroatoms. The van der Waals surface area contributed by atoms with E-state index in [1.54, 1.807) is 10.4 Å². The SMILES string of the molecule is CC(C)c1ccc(-c2cccc3[cH-]c([Si](c4cc5c(-c6ccc(C(C)C)cc6)cccc5[cH-]4)(C4CCCC4)C4CCCC4)cc23)cc1.[CH3-].[CH3-].[Hf+4]. The number of hydrogen-bond acceptors (Lipinski definition) is 0. The van der Waals surface area contributed by atoms with Crippen LogP contribution in [-0.2, 0) is 25.8 Å². The van der Waals surface area contributed by atoms with E-state index in [9.17, 15) is 0 Å². The summed E-state index contributed by atoms with van der Waals surface area (Å²) in [5.41, 5.74) is 9.95. The maximum absolute atomic E-state index is 2.70. The Kier molecular flexibility index (Phi) is 12.2. The fraction of sp³-hybridized carbons (Fsp3) is 0.333. The van der Waals surface area contributed by atoms with Crippen LogP contribution in [0.25, 0.3) is 43.8 Å². The van der Waals surface area contributed by atoms with Gasteiger partial charge in [0.15, 0.2) is 0 Å². The molecule has 0 saturated heterocycles. The molecule has 2 fully saturated rings. The molecule has 2 aliphatic carbocycles. The van der Waals surface area contributed by atoms with Crippen molar-refractivity contribution in [2.45, 2.75) is 102 Å². The summed E-state index contributed by atoms with van der Waals surface area (Å²) in [5.74, 6) is 1.10. The Labute approximate surface area is 323 Å². The van der Waals surface area contributed by atoms with Crippen molar-refractivity contribution in [3.63, 3.8) is 0 Å². The molecular weight excluding hydrogens is 783 g/mol. The number of fused-ring (bicyclic) bond motifs is 2. The third-order valence-corrected chi connectivity index (χ3v) is 18.5. The molecule has 256 valence electrons. The molecule has 0 bridgehead atoms. The van der Waals surface area contributed by atoms with Gasteiger partial charge in [-0.05, 0) is 45.2 Å². The van der Waals surface area contributed by atoms with Gasteiger partial charge in [-0.25, -0.2) is 0 Å². The van der Waals surface area contributed by atoms with Crippen LogP contribution in [0.15, 0.2) is 109 Å². The first kappa shape index (κ1) is 38.4. The summed E-state index contributed by atoms with van der Waals surface area (Å²) >= 11 is 0. The maximum atomic E-state index is 2.70. The molecule has 0 heterocycles. The summed E-state index contributed by atoms with van der Waals surface area (Å²) < 4.78 is 0. The van der Waals surface area contributed by atoms with Gasteiger partial charge < -0.3 is 14.9 Å². The molecule has 0 unspecified atom stereocenters.